The Kier molecular flexibility index (Phi) is 5.63. The molecule has 120 valence electrons. The number of amides is 2. The lowest BCUT2D eigenvalue weighted by atomic mass is 9.99. The molecule has 0 bridgehead atoms. The van der Waals surface area contributed by atoms with Crippen LogP contribution in [0.25, 0.3) is 0 Å². The number of aliphatic hydroxyl groups excluding tert-OH is 1. The molecule has 7 heteroatoms. The van der Waals surface area contributed by atoms with Crippen molar-refractivity contribution in [2.24, 2.45) is 0 Å². The largest absolute Gasteiger partial charge is 0.506 e. The fourth-order valence-electron chi connectivity index (χ4n) is 2.63. The monoisotopic (exact) mass is 326 g/mol. The Bertz CT molecular complexity index is 562. The number of rotatable bonds is 3. The number of anilines is 1. The number of benzene rings is 1. The van der Waals surface area contributed by atoms with Crippen LogP contribution < -0.4 is 5.32 Å². The lowest BCUT2D eigenvalue weighted by Gasteiger charge is -2.35. The van der Waals surface area contributed by atoms with Crippen LogP contribution >= 0.6 is 11.6 Å². The Hall–Kier alpha value is -1.79. The highest BCUT2D eigenvalue weighted by molar-refractivity contribution is 6.40. The van der Waals surface area contributed by atoms with Gasteiger partial charge in [-0.05, 0) is 43.9 Å². The number of nitrogens with one attached hydrogen (secondary N) is 1. The number of piperidine rings is 1. The van der Waals surface area contributed by atoms with Gasteiger partial charge in [-0.15, -0.1) is 0 Å². The quantitative estimate of drug-likeness (QED) is 0.583. The number of carbonyl (C=O) groups excluding carboxylic acids is 2. The van der Waals surface area contributed by atoms with E-state index in [4.69, 9.17) is 16.7 Å². The lowest BCUT2D eigenvalue weighted by molar-refractivity contribution is -0.146. The molecular weight excluding hydrogens is 308 g/mol. The first-order valence-corrected chi connectivity index (χ1v) is 7.62. The molecular formula is C15H19ClN2O4. The first-order chi connectivity index (χ1) is 10.5. The van der Waals surface area contributed by atoms with Gasteiger partial charge in [0.2, 0.25) is 0 Å². The number of nitrogens with zero attached hydrogens (tertiary/aromatic N) is 1. The Morgan fingerprint density at radius 1 is 1.36 bits per heavy atom. The van der Waals surface area contributed by atoms with E-state index in [1.54, 1.807) is 0 Å². The number of halogens is 1. The van der Waals surface area contributed by atoms with E-state index in [1.165, 1.54) is 23.1 Å². The van der Waals surface area contributed by atoms with Crippen LogP contribution in [0.2, 0.25) is 5.02 Å². The van der Waals surface area contributed by atoms with Crippen LogP contribution in [0.3, 0.4) is 0 Å². The zero-order chi connectivity index (χ0) is 16.1. The summed E-state index contributed by atoms with van der Waals surface area (Å²) in [6, 6.07) is 4.09. The molecule has 0 aliphatic carbocycles. The van der Waals surface area contributed by atoms with Gasteiger partial charge in [-0.3, -0.25) is 9.59 Å². The Morgan fingerprint density at radius 2 is 2.14 bits per heavy atom. The number of hydrogen-bond donors (Lipinski definition) is 3. The molecule has 1 aromatic carbocycles. The average Bonchev–Trinajstić information content (AvgIpc) is 2.51. The Labute approximate surface area is 133 Å². The van der Waals surface area contributed by atoms with Crippen LogP contribution in [0.15, 0.2) is 18.2 Å². The van der Waals surface area contributed by atoms with E-state index in [0.29, 0.717) is 18.0 Å². The predicted molar refractivity (Wildman–Crippen MR) is 82.8 cm³/mol. The highest BCUT2D eigenvalue weighted by atomic mass is 35.5. The lowest BCUT2D eigenvalue weighted by Crippen LogP contribution is -2.48. The SMILES string of the molecule is O=C(Nc1cc(Cl)ccc1O)C(=O)N1CCCCC1CCO. The Balaban J connectivity index is 2.07. The molecule has 1 heterocycles. The van der Waals surface area contributed by atoms with Crippen molar-refractivity contribution in [3.05, 3.63) is 23.2 Å². The van der Waals surface area contributed by atoms with Crippen molar-refractivity contribution in [2.45, 2.75) is 31.7 Å². The van der Waals surface area contributed by atoms with E-state index < -0.39 is 11.8 Å². The van der Waals surface area contributed by atoms with Gasteiger partial charge >= 0.3 is 11.8 Å². The molecule has 6 nitrogen and oxygen atoms in total. The van der Waals surface area contributed by atoms with E-state index in [-0.39, 0.29) is 24.1 Å². The van der Waals surface area contributed by atoms with Crippen LogP contribution in [-0.2, 0) is 9.59 Å². The van der Waals surface area contributed by atoms with Gasteiger partial charge in [0.05, 0.1) is 5.69 Å². The maximum atomic E-state index is 12.3. The van der Waals surface area contributed by atoms with Crippen LogP contribution in [-0.4, -0.2) is 46.1 Å². The van der Waals surface area contributed by atoms with Crippen LogP contribution in [0.4, 0.5) is 5.69 Å². The predicted octanol–water partition coefficient (Wildman–Crippen LogP) is 1.75. The summed E-state index contributed by atoms with van der Waals surface area (Å²) in [4.78, 5) is 25.9. The minimum Gasteiger partial charge on any atom is -0.506 e. The van der Waals surface area contributed by atoms with Gasteiger partial charge in [0.25, 0.3) is 0 Å². The summed E-state index contributed by atoms with van der Waals surface area (Å²) in [5.41, 5.74) is 0.0987. The molecule has 2 rings (SSSR count). The van der Waals surface area contributed by atoms with E-state index in [9.17, 15) is 14.7 Å². The number of phenols is 1. The second-order valence-electron chi connectivity index (χ2n) is 5.28. The molecule has 1 fully saturated rings. The minimum absolute atomic E-state index is 0.0227. The highest BCUT2D eigenvalue weighted by Gasteiger charge is 2.30. The number of likely N-dealkylation sites (tertiary alicyclic amines) is 1. The maximum Gasteiger partial charge on any atom is 0.314 e. The summed E-state index contributed by atoms with van der Waals surface area (Å²) in [5, 5.41) is 21.5. The van der Waals surface area contributed by atoms with Gasteiger partial charge in [-0.1, -0.05) is 11.6 Å². The van der Waals surface area contributed by atoms with Gasteiger partial charge in [0.1, 0.15) is 5.75 Å². The van der Waals surface area contributed by atoms with Crippen LogP contribution in [0.5, 0.6) is 5.75 Å². The third-order valence-electron chi connectivity index (χ3n) is 3.75. The fourth-order valence-corrected chi connectivity index (χ4v) is 2.80. The second kappa shape index (κ2) is 7.47. The van der Waals surface area contributed by atoms with Gasteiger partial charge < -0.3 is 20.4 Å². The summed E-state index contributed by atoms with van der Waals surface area (Å²) in [7, 11) is 0. The first kappa shape index (κ1) is 16.6. The van der Waals surface area contributed by atoms with E-state index in [1.807, 2.05) is 0 Å². The summed E-state index contributed by atoms with van der Waals surface area (Å²) in [6.45, 7) is 0.476. The molecule has 0 radical (unpaired) electrons. The number of phenolic OH excluding ortho intramolecular Hbond substituents is 1. The minimum atomic E-state index is -0.817. The molecule has 1 unspecified atom stereocenters. The number of hydrogen-bond acceptors (Lipinski definition) is 4. The van der Waals surface area contributed by atoms with Crippen molar-refractivity contribution in [1.29, 1.82) is 0 Å². The van der Waals surface area contributed by atoms with Crippen LogP contribution in [0, 0.1) is 0 Å². The molecule has 3 N–H and O–H groups in total. The third-order valence-corrected chi connectivity index (χ3v) is 3.99. The molecule has 1 aliphatic rings. The van der Waals surface area contributed by atoms with Gasteiger partial charge in [-0.2, -0.15) is 0 Å². The van der Waals surface area contributed by atoms with E-state index in [0.717, 1.165) is 19.3 Å². The van der Waals surface area contributed by atoms with Gasteiger partial charge in [0.15, 0.2) is 0 Å². The first-order valence-electron chi connectivity index (χ1n) is 7.24. The maximum absolute atomic E-state index is 12.3. The summed E-state index contributed by atoms with van der Waals surface area (Å²) in [5.74, 6) is -1.63. The number of aromatic hydroxyl groups is 1. The molecule has 1 aromatic rings. The topological polar surface area (TPSA) is 89.9 Å². The zero-order valence-electron chi connectivity index (χ0n) is 12.1. The molecule has 0 saturated carbocycles. The molecule has 0 aromatic heterocycles. The molecule has 22 heavy (non-hydrogen) atoms. The van der Waals surface area contributed by atoms with Crippen molar-refractivity contribution in [2.75, 3.05) is 18.5 Å². The van der Waals surface area contributed by atoms with Gasteiger partial charge in [-0.25, -0.2) is 0 Å². The van der Waals surface area contributed by atoms with E-state index in [2.05, 4.69) is 5.32 Å². The van der Waals surface area contributed by atoms with Crippen LogP contribution in [0.1, 0.15) is 25.7 Å². The van der Waals surface area contributed by atoms with Crippen molar-refractivity contribution >= 4 is 29.1 Å². The second-order valence-corrected chi connectivity index (χ2v) is 5.71. The molecule has 0 spiro atoms. The summed E-state index contributed by atoms with van der Waals surface area (Å²) >= 11 is 5.81. The smallest absolute Gasteiger partial charge is 0.314 e. The normalized spacial score (nSPS) is 18.1. The third kappa shape index (κ3) is 3.90. The van der Waals surface area contributed by atoms with Gasteiger partial charge in [0, 0.05) is 24.2 Å². The van der Waals surface area contributed by atoms with Crippen molar-refractivity contribution < 1.29 is 19.8 Å². The summed E-state index contributed by atoms with van der Waals surface area (Å²) in [6.07, 6.45) is 3.05. The fraction of sp³-hybridized carbons (Fsp3) is 0.467. The van der Waals surface area contributed by atoms with E-state index >= 15 is 0 Å². The molecule has 1 saturated heterocycles. The van der Waals surface area contributed by atoms with Crippen molar-refractivity contribution in [3.63, 3.8) is 0 Å². The van der Waals surface area contributed by atoms with Crippen molar-refractivity contribution in [3.8, 4) is 5.75 Å². The average molecular weight is 327 g/mol. The molecule has 1 atom stereocenters. The number of carbonyl (C=O) groups is 2. The number of aliphatic hydroxyl groups is 1. The zero-order valence-corrected chi connectivity index (χ0v) is 12.8. The molecule has 2 amide bonds. The highest BCUT2D eigenvalue weighted by Crippen LogP contribution is 2.27. The van der Waals surface area contributed by atoms with Crippen molar-refractivity contribution in [1.82, 2.24) is 4.90 Å². The summed E-state index contributed by atoms with van der Waals surface area (Å²) < 4.78 is 0. The molecule has 1 aliphatic heterocycles. The Morgan fingerprint density at radius 3 is 2.86 bits per heavy atom. The standard InChI is InChI=1S/C15H19ClN2O4/c16-10-4-5-13(20)12(9-10)17-14(21)15(22)18-7-2-1-3-11(18)6-8-19/h4-5,9,11,19-20H,1-3,6-8H2,(H,17,21).